The van der Waals surface area contributed by atoms with E-state index >= 15 is 0 Å². The van der Waals surface area contributed by atoms with E-state index in [1.165, 1.54) is 0 Å². The van der Waals surface area contributed by atoms with E-state index in [2.05, 4.69) is 16.6 Å². The molecule has 0 bridgehead atoms. The minimum atomic E-state index is -3.50. The van der Waals surface area contributed by atoms with E-state index in [0.29, 0.717) is 24.1 Å². The van der Waals surface area contributed by atoms with Crippen LogP contribution in [0.2, 0.25) is 0 Å². The van der Waals surface area contributed by atoms with Crippen LogP contribution >= 0.6 is 11.8 Å². The monoisotopic (exact) mass is 327 g/mol. The molecule has 6 heteroatoms. The number of sulfonamides is 1. The fourth-order valence-corrected chi connectivity index (χ4v) is 3.46. The molecule has 4 nitrogen and oxygen atoms in total. The van der Waals surface area contributed by atoms with E-state index in [1.54, 1.807) is 36.9 Å². The Morgan fingerprint density at radius 2 is 2.14 bits per heavy atom. The summed E-state index contributed by atoms with van der Waals surface area (Å²) in [6.45, 7) is 2.20. The number of aryl methyl sites for hydroxylation is 1. The predicted octanol–water partition coefficient (Wildman–Crippen LogP) is 1.76. The highest BCUT2D eigenvalue weighted by atomic mass is 32.2. The first kappa shape index (κ1) is 18.1. The SMILES string of the molecule is CSCCCNS(=O)(=O)c1cc(C#CCCO)ccc1C. The molecule has 0 fully saturated rings. The van der Waals surface area contributed by atoms with Crippen molar-refractivity contribution in [3.8, 4) is 11.8 Å². The normalized spacial score (nSPS) is 11.0. The molecular formula is C15H21NO3S2. The molecule has 0 aromatic heterocycles. The quantitative estimate of drug-likeness (QED) is 0.591. The van der Waals surface area contributed by atoms with Crippen molar-refractivity contribution in [2.75, 3.05) is 25.2 Å². The zero-order valence-electron chi connectivity index (χ0n) is 12.3. The van der Waals surface area contributed by atoms with Crippen molar-refractivity contribution in [2.24, 2.45) is 0 Å². The molecular weight excluding hydrogens is 306 g/mol. The van der Waals surface area contributed by atoms with Crippen molar-refractivity contribution in [3.05, 3.63) is 29.3 Å². The maximum Gasteiger partial charge on any atom is 0.240 e. The van der Waals surface area contributed by atoms with Crippen LogP contribution in [0.15, 0.2) is 23.1 Å². The van der Waals surface area contributed by atoms with Crippen molar-refractivity contribution in [3.63, 3.8) is 0 Å². The molecule has 0 aliphatic carbocycles. The molecule has 0 amide bonds. The zero-order chi connectivity index (χ0) is 15.7. The van der Waals surface area contributed by atoms with Crippen molar-refractivity contribution in [2.45, 2.75) is 24.7 Å². The Balaban J connectivity index is 2.90. The topological polar surface area (TPSA) is 66.4 Å². The summed E-state index contributed by atoms with van der Waals surface area (Å²) in [4.78, 5) is 0.266. The van der Waals surface area contributed by atoms with Crippen molar-refractivity contribution in [1.29, 1.82) is 0 Å². The lowest BCUT2D eigenvalue weighted by Crippen LogP contribution is -2.25. The largest absolute Gasteiger partial charge is 0.395 e. The Hall–Kier alpha value is -1.00. The molecule has 0 unspecified atom stereocenters. The maximum absolute atomic E-state index is 12.3. The van der Waals surface area contributed by atoms with Gasteiger partial charge in [0.25, 0.3) is 0 Å². The molecule has 0 aliphatic rings. The van der Waals surface area contributed by atoms with Gasteiger partial charge in [-0.25, -0.2) is 13.1 Å². The second kappa shape index (κ2) is 9.11. The second-order valence-electron chi connectivity index (χ2n) is 4.50. The van der Waals surface area contributed by atoms with Gasteiger partial charge in [0.1, 0.15) is 0 Å². The third kappa shape index (κ3) is 6.10. The molecule has 1 aromatic carbocycles. The summed E-state index contributed by atoms with van der Waals surface area (Å²) in [6.07, 6.45) is 3.17. The number of benzene rings is 1. The van der Waals surface area contributed by atoms with Gasteiger partial charge in [-0.15, -0.1) is 0 Å². The summed E-state index contributed by atoms with van der Waals surface area (Å²) in [5, 5.41) is 8.70. The fraction of sp³-hybridized carbons (Fsp3) is 0.467. The Bertz CT molecular complexity index is 616. The number of rotatable bonds is 7. The number of thioether (sulfide) groups is 1. The molecule has 0 saturated heterocycles. The molecule has 1 rings (SSSR count). The van der Waals surface area contributed by atoms with Gasteiger partial charge in [0.2, 0.25) is 10.0 Å². The van der Waals surface area contributed by atoms with Gasteiger partial charge in [0, 0.05) is 18.5 Å². The molecule has 2 N–H and O–H groups in total. The highest BCUT2D eigenvalue weighted by Crippen LogP contribution is 2.16. The third-order valence-corrected chi connectivity index (χ3v) is 5.06. The van der Waals surface area contributed by atoms with Crippen LogP contribution in [0.25, 0.3) is 0 Å². The minimum Gasteiger partial charge on any atom is -0.395 e. The number of nitrogens with one attached hydrogen (secondary N) is 1. The number of hydrogen-bond acceptors (Lipinski definition) is 4. The predicted molar refractivity (Wildman–Crippen MR) is 87.9 cm³/mol. The Morgan fingerprint density at radius 3 is 2.81 bits per heavy atom. The number of aliphatic hydroxyl groups is 1. The van der Waals surface area contributed by atoms with Crippen molar-refractivity contribution in [1.82, 2.24) is 4.72 Å². The average molecular weight is 327 g/mol. The first-order valence-electron chi connectivity index (χ1n) is 6.70. The van der Waals surface area contributed by atoms with Gasteiger partial charge in [0.15, 0.2) is 0 Å². The van der Waals surface area contributed by atoms with E-state index in [4.69, 9.17) is 5.11 Å². The molecule has 0 spiro atoms. The van der Waals surface area contributed by atoms with Crippen LogP contribution in [-0.2, 0) is 10.0 Å². The first-order chi connectivity index (χ1) is 10.0. The van der Waals surface area contributed by atoms with Crippen molar-refractivity contribution < 1.29 is 13.5 Å². The summed E-state index contributed by atoms with van der Waals surface area (Å²) in [7, 11) is -3.50. The molecule has 0 atom stereocenters. The second-order valence-corrected chi connectivity index (χ2v) is 7.22. The van der Waals surface area contributed by atoms with Crippen LogP contribution < -0.4 is 4.72 Å². The number of aliphatic hydroxyl groups excluding tert-OH is 1. The molecule has 1 aromatic rings. The van der Waals surface area contributed by atoms with Crippen LogP contribution in [0, 0.1) is 18.8 Å². The van der Waals surface area contributed by atoms with Gasteiger partial charge in [0.05, 0.1) is 11.5 Å². The molecule has 116 valence electrons. The van der Waals surface area contributed by atoms with E-state index in [-0.39, 0.29) is 11.5 Å². The minimum absolute atomic E-state index is 0.00101. The molecule has 0 radical (unpaired) electrons. The van der Waals surface area contributed by atoms with Crippen LogP contribution in [0.4, 0.5) is 0 Å². The van der Waals surface area contributed by atoms with E-state index < -0.39 is 10.0 Å². The summed E-state index contributed by atoms with van der Waals surface area (Å²) in [6, 6.07) is 5.11. The van der Waals surface area contributed by atoms with Crippen LogP contribution in [0.3, 0.4) is 0 Å². The molecule has 0 heterocycles. The average Bonchev–Trinajstić information content (AvgIpc) is 2.45. The van der Waals surface area contributed by atoms with Crippen LogP contribution in [0.1, 0.15) is 24.0 Å². The summed E-state index contributed by atoms with van der Waals surface area (Å²) >= 11 is 1.69. The standard InChI is InChI=1S/C15H21NO3S2/c1-13-7-8-14(6-3-4-10-17)12-15(13)21(18,19)16-9-5-11-20-2/h7-8,12,16-17H,4-5,9-11H2,1-2H3. The van der Waals surface area contributed by atoms with Gasteiger partial charge in [-0.05, 0) is 43.0 Å². The van der Waals surface area contributed by atoms with Gasteiger partial charge < -0.3 is 5.11 Å². The molecule has 0 aliphatic heterocycles. The van der Waals surface area contributed by atoms with Crippen LogP contribution in [0.5, 0.6) is 0 Å². The lowest BCUT2D eigenvalue weighted by molar-refractivity contribution is 0.305. The van der Waals surface area contributed by atoms with Gasteiger partial charge in [-0.2, -0.15) is 11.8 Å². The summed E-state index contributed by atoms with van der Waals surface area (Å²) in [5.74, 6) is 6.57. The van der Waals surface area contributed by atoms with Crippen molar-refractivity contribution >= 4 is 21.8 Å². The number of hydrogen-bond donors (Lipinski definition) is 2. The van der Waals surface area contributed by atoms with E-state index in [1.807, 2.05) is 6.26 Å². The van der Waals surface area contributed by atoms with Gasteiger partial charge in [-0.3, -0.25) is 0 Å². The van der Waals surface area contributed by atoms with E-state index in [0.717, 1.165) is 12.2 Å². The Morgan fingerprint density at radius 1 is 1.38 bits per heavy atom. The van der Waals surface area contributed by atoms with Gasteiger partial charge in [-0.1, -0.05) is 17.9 Å². The highest BCUT2D eigenvalue weighted by Gasteiger charge is 2.16. The zero-order valence-corrected chi connectivity index (χ0v) is 14.0. The fourth-order valence-electron chi connectivity index (χ4n) is 1.69. The van der Waals surface area contributed by atoms with Gasteiger partial charge >= 0.3 is 0 Å². The lowest BCUT2D eigenvalue weighted by atomic mass is 10.1. The van der Waals surface area contributed by atoms with E-state index in [9.17, 15) is 8.42 Å². The van der Waals surface area contributed by atoms with Crippen LogP contribution in [-0.4, -0.2) is 38.7 Å². The highest BCUT2D eigenvalue weighted by molar-refractivity contribution is 7.98. The molecule has 21 heavy (non-hydrogen) atoms. The Labute approximate surface area is 131 Å². The Kier molecular flexibility index (Phi) is 7.83. The first-order valence-corrected chi connectivity index (χ1v) is 9.58. The smallest absolute Gasteiger partial charge is 0.240 e. The maximum atomic E-state index is 12.3. The third-order valence-electron chi connectivity index (χ3n) is 2.76. The summed E-state index contributed by atoms with van der Waals surface area (Å²) in [5.41, 5.74) is 1.33. The lowest BCUT2D eigenvalue weighted by Gasteiger charge is -2.09. The molecule has 0 saturated carbocycles. The summed E-state index contributed by atoms with van der Waals surface area (Å²) < 4.78 is 27.2.